The third-order valence-corrected chi connectivity index (χ3v) is 7.39. The van der Waals surface area contributed by atoms with Crippen molar-refractivity contribution < 1.29 is 27.5 Å². The van der Waals surface area contributed by atoms with Crippen molar-refractivity contribution in [3.8, 4) is 11.3 Å². The van der Waals surface area contributed by atoms with Crippen molar-refractivity contribution in [2.45, 2.75) is 43.8 Å². The van der Waals surface area contributed by atoms with E-state index in [1.54, 1.807) is 24.3 Å². The zero-order valence-electron chi connectivity index (χ0n) is 19.1. The molecule has 0 unspecified atom stereocenters. The molecule has 2 heterocycles. The number of hydrogen-bond donors (Lipinski definition) is 3. The van der Waals surface area contributed by atoms with Gasteiger partial charge in [0.15, 0.2) is 0 Å². The molecule has 3 aromatic rings. The minimum absolute atomic E-state index is 0.00606. The molecule has 186 valence electrons. The lowest BCUT2D eigenvalue weighted by Gasteiger charge is -2.10. The monoisotopic (exact) mass is 519 g/mol. The fraction of sp³-hybridized carbons (Fsp3) is 0.375. The zero-order valence-corrected chi connectivity index (χ0v) is 20.7. The third kappa shape index (κ3) is 6.01. The number of unbranched alkanes of at least 4 members (excludes halogenated alkanes) is 1. The lowest BCUT2D eigenvalue weighted by Crippen LogP contribution is -2.27. The number of sulfonamides is 1. The smallest absolute Gasteiger partial charge is 0.303 e. The van der Waals surface area contributed by atoms with E-state index in [0.29, 0.717) is 45.8 Å². The Morgan fingerprint density at radius 1 is 1.20 bits per heavy atom. The Labute approximate surface area is 207 Å². The number of nitrogens with zero attached hydrogens (tertiary/aromatic N) is 1. The maximum atomic E-state index is 12.8. The van der Waals surface area contributed by atoms with Crippen LogP contribution in [0.1, 0.15) is 59.6 Å². The number of benzene rings is 1. The Kier molecular flexibility index (Phi) is 7.44. The van der Waals surface area contributed by atoms with Crippen LogP contribution in [0.15, 0.2) is 34.7 Å². The van der Waals surface area contributed by atoms with Gasteiger partial charge in [0.2, 0.25) is 15.7 Å². The molecule has 0 atom stereocenters. The van der Waals surface area contributed by atoms with E-state index in [0.717, 1.165) is 18.4 Å². The van der Waals surface area contributed by atoms with Crippen molar-refractivity contribution >= 4 is 44.6 Å². The van der Waals surface area contributed by atoms with E-state index in [4.69, 9.17) is 21.1 Å². The van der Waals surface area contributed by atoms with Crippen LogP contribution in [0.5, 0.6) is 0 Å². The molecule has 1 saturated carbocycles. The Morgan fingerprint density at radius 3 is 2.54 bits per heavy atom. The van der Waals surface area contributed by atoms with Gasteiger partial charge in [-0.1, -0.05) is 11.6 Å². The van der Waals surface area contributed by atoms with Gasteiger partial charge >= 0.3 is 5.97 Å². The highest BCUT2D eigenvalue weighted by molar-refractivity contribution is 7.88. The average Bonchev–Trinajstić information content (AvgIpc) is 3.58. The number of halogens is 1. The highest BCUT2D eigenvalue weighted by atomic mass is 35.5. The summed E-state index contributed by atoms with van der Waals surface area (Å²) in [5, 5.41) is 12.4. The van der Waals surface area contributed by atoms with Gasteiger partial charge in [-0.3, -0.25) is 9.59 Å². The largest absolute Gasteiger partial charge is 0.481 e. The number of carboxylic acids is 1. The number of aromatic nitrogens is 1. The molecule has 0 bridgehead atoms. The first-order valence-electron chi connectivity index (χ1n) is 11.3. The first-order chi connectivity index (χ1) is 16.7. The molecule has 1 amide bonds. The second-order valence-corrected chi connectivity index (χ2v) is 10.8. The Morgan fingerprint density at radius 2 is 1.91 bits per heavy atom. The number of carbonyl (C=O) groups excluding carboxylic acids is 1. The van der Waals surface area contributed by atoms with Crippen molar-refractivity contribution in [1.82, 2.24) is 15.0 Å². The van der Waals surface area contributed by atoms with E-state index in [1.807, 2.05) is 6.07 Å². The molecule has 35 heavy (non-hydrogen) atoms. The summed E-state index contributed by atoms with van der Waals surface area (Å²) in [7, 11) is -2.18. The molecule has 9 nitrogen and oxygen atoms in total. The summed E-state index contributed by atoms with van der Waals surface area (Å²) in [5.74, 6) is -1.06. The summed E-state index contributed by atoms with van der Waals surface area (Å²) < 4.78 is 34.0. The molecule has 3 N–H and O–H groups in total. The van der Waals surface area contributed by atoms with E-state index in [2.05, 4.69) is 15.0 Å². The fourth-order valence-electron chi connectivity index (χ4n) is 3.95. The summed E-state index contributed by atoms with van der Waals surface area (Å²) in [6.45, 7) is 0.152. The SMILES string of the molecule is CNC(=O)c1c(-c2ccc(Cl)cc2)oc2nc(CS(=O)(=O)NCCCCC(=O)O)c(C3CC3)cc12. The number of rotatable bonds is 11. The lowest BCUT2D eigenvalue weighted by atomic mass is 10.0. The van der Waals surface area contributed by atoms with Crippen LogP contribution in [0.2, 0.25) is 5.02 Å². The number of carbonyl (C=O) groups is 2. The molecule has 1 aliphatic rings. The molecule has 11 heteroatoms. The van der Waals surface area contributed by atoms with Crippen LogP contribution in [0, 0.1) is 0 Å². The van der Waals surface area contributed by atoms with Crippen molar-refractivity contribution in [3.63, 3.8) is 0 Å². The number of hydrogen-bond acceptors (Lipinski definition) is 6. The Hall–Kier alpha value is -2.95. The van der Waals surface area contributed by atoms with Gasteiger partial charge in [-0.15, -0.1) is 0 Å². The van der Waals surface area contributed by atoms with E-state index >= 15 is 0 Å². The van der Waals surface area contributed by atoms with Gasteiger partial charge in [-0.05, 0) is 67.5 Å². The van der Waals surface area contributed by atoms with E-state index < -0.39 is 16.0 Å². The average molecular weight is 520 g/mol. The molecule has 1 aliphatic carbocycles. The summed E-state index contributed by atoms with van der Waals surface area (Å²) >= 11 is 6.01. The quantitative estimate of drug-likeness (QED) is 0.325. The lowest BCUT2D eigenvalue weighted by molar-refractivity contribution is -0.137. The maximum Gasteiger partial charge on any atom is 0.303 e. The molecule has 0 radical (unpaired) electrons. The summed E-state index contributed by atoms with van der Waals surface area (Å²) in [5.41, 5.74) is 2.35. The predicted molar refractivity (Wildman–Crippen MR) is 132 cm³/mol. The van der Waals surface area contributed by atoms with Gasteiger partial charge < -0.3 is 14.8 Å². The molecular formula is C24H26ClN3O6S. The van der Waals surface area contributed by atoms with E-state index in [9.17, 15) is 18.0 Å². The number of amides is 1. The summed E-state index contributed by atoms with van der Waals surface area (Å²) in [6, 6.07) is 8.70. The van der Waals surface area contributed by atoms with Gasteiger partial charge in [0.1, 0.15) is 11.5 Å². The highest BCUT2D eigenvalue weighted by Gasteiger charge is 2.31. The van der Waals surface area contributed by atoms with Crippen molar-refractivity contribution in [2.24, 2.45) is 0 Å². The molecule has 1 aromatic carbocycles. The Bertz CT molecular complexity index is 1360. The van der Waals surface area contributed by atoms with Gasteiger partial charge in [-0.25, -0.2) is 18.1 Å². The maximum absolute atomic E-state index is 12.8. The Balaban J connectivity index is 1.68. The highest BCUT2D eigenvalue weighted by Crippen LogP contribution is 2.44. The second-order valence-electron chi connectivity index (χ2n) is 8.55. The van der Waals surface area contributed by atoms with Gasteiger partial charge in [0.25, 0.3) is 5.91 Å². The normalized spacial score (nSPS) is 13.8. The van der Waals surface area contributed by atoms with E-state index in [1.165, 1.54) is 7.05 Å². The van der Waals surface area contributed by atoms with Gasteiger partial charge in [0.05, 0.1) is 16.6 Å². The van der Waals surface area contributed by atoms with Gasteiger partial charge in [0, 0.05) is 30.6 Å². The second kappa shape index (κ2) is 10.3. The minimum atomic E-state index is -3.71. The van der Waals surface area contributed by atoms with Crippen LogP contribution in [-0.2, 0) is 20.6 Å². The van der Waals surface area contributed by atoms with Crippen LogP contribution < -0.4 is 10.0 Å². The molecular weight excluding hydrogens is 494 g/mol. The molecule has 0 saturated heterocycles. The number of furan rings is 1. The van der Waals surface area contributed by atoms with Crippen molar-refractivity contribution in [2.75, 3.05) is 13.6 Å². The van der Waals surface area contributed by atoms with Crippen molar-refractivity contribution in [1.29, 1.82) is 0 Å². The number of carboxylic acid groups (broad SMARTS) is 1. The number of nitrogens with one attached hydrogen (secondary N) is 2. The first kappa shape index (κ1) is 25.2. The molecule has 2 aromatic heterocycles. The first-order valence-corrected chi connectivity index (χ1v) is 13.3. The summed E-state index contributed by atoms with van der Waals surface area (Å²) in [4.78, 5) is 28.0. The molecule has 0 spiro atoms. The number of pyridine rings is 1. The number of fused-ring (bicyclic) bond motifs is 1. The summed E-state index contributed by atoms with van der Waals surface area (Å²) in [6.07, 6.45) is 2.64. The number of aliphatic carboxylic acids is 1. The topological polar surface area (TPSA) is 139 Å². The van der Waals surface area contributed by atoms with Crippen LogP contribution in [-0.4, -0.2) is 44.0 Å². The van der Waals surface area contributed by atoms with E-state index in [-0.39, 0.29) is 36.3 Å². The molecule has 1 fully saturated rings. The zero-order chi connectivity index (χ0) is 25.2. The van der Waals surface area contributed by atoms with Crippen LogP contribution in [0.25, 0.3) is 22.4 Å². The molecule has 4 rings (SSSR count). The van der Waals surface area contributed by atoms with Crippen molar-refractivity contribution in [3.05, 3.63) is 52.2 Å². The minimum Gasteiger partial charge on any atom is -0.481 e. The fourth-order valence-corrected chi connectivity index (χ4v) is 5.23. The molecule has 0 aliphatic heterocycles. The standard InChI is InChI=1S/C24H26ClN3O6S/c1-26-23(31)21-18-12-17(14-5-6-14)19(13-35(32,33)27-11-3-2-4-20(29)30)28-24(18)34-22(21)15-7-9-16(25)10-8-15/h7-10,12,14,27H,2-6,11,13H2,1H3,(H,26,31)(H,29,30). The van der Waals surface area contributed by atoms with Gasteiger partial charge in [-0.2, -0.15) is 0 Å². The van der Waals surface area contributed by atoms with Crippen LogP contribution in [0.4, 0.5) is 0 Å². The van der Waals surface area contributed by atoms with Crippen LogP contribution >= 0.6 is 11.6 Å². The van der Waals surface area contributed by atoms with Crippen LogP contribution in [0.3, 0.4) is 0 Å². The third-order valence-electron chi connectivity index (χ3n) is 5.84. The predicted octanol–water partition coefficient (Wildman–Crippen LogP) is 4.06.